The van der Waals surface area contributed by atoms with Crippen LogP contribution in [-0.4, -0.2) is 122 Å². The average Bonchev–Trinajstić information content (AvgIpc) is 1.41. The molecule has 0 unspecified atom stereocenters. The summed E-state index contributed by atoms with van der Waals surface area (Å²) in [5.41, 5.74) is 0. The van der Waals surface area contributed by atoms with E-state index in [9.17, 15) is 0 Å². The van der Waals surface area contributed by atoms with Gasteiger partial charge in [0.1, 0.15) is 0 Å². The summed E-state index contributed by atoms with van der Waals surface area (Å²) in [6.45, 7) is 0. The van der Waals surface area contributed by atoms with Crippen LogP contribution in [0, 0.1) is 0 Å². The minimum Gasteiger partial charge on any atom is -0.822 e. The van der Waals surface area contributed by atoms with E-state index in [1.54, 1.807) is 0 Å². The molecule has 0 aromatic heterocycles. The Labute approximate surface area is 199 Å². The second-order valence-corrected chi connectivity index (χ2v) is 4.02. The van der Waals surface area contributed by atoms with Crippen molar-refractivity contribution in [1.82, 2.24) is 0 Å². The van der Waals surface area contributed by atoms with Crippen LogP contribution < -0.4 is 44.0 Å². The largest absolute Gasteiger partial charge is 3.00 e. The van der Waals surface area contributed by atoms with Crippen LogP contribution in [0.2, 0.25) is 0 Å². The Morgan fingerprint density at radius 1 is 0.421 bits per heavy atom. The first kappa shape index (κ1) is 43.6. The zero-order valence-corrected chi connectivity index (χ0v) is 18.2. The maximum Gasteiger partial charge on any atom is 3.00 e. The van der Waals surface area contributed by atoms with E-state index in [1.807, 2.05) is 0 Å². The fourth-order valence-corrected chi connectivity index (χ4v) is 0. The molecule has 0 radical (unpaired) electrons. The molecule has 0 aromatic carbocycles. The third-order valence-corrected chi connectivity index (χ3v) is 0. The van der Waals surface area contributed by atoms with Gasteiger partial charge < -0.3 is 57.7 Å². The van der Waals surface area contributed by atoms with Gasteiger partial charge in [-0.3, -0.25) is 0 Å². The molecule has 0 spiro atoms. The van der Waals surface area contributed by atoms with Gasteiger partial charge in [0.25, 0.3) is 0 Å². The SMILES string of the molecule is O=P([O-])([O-])[O-].O=P([O-])([O-])[O-].O=P([O-])([O-])[O-].[B+3].[Ca+2].[Ca+2].[Ca+2]. The number of hydrogen-bond acceptors (Lipinski definition) is 12. The van der Waals surface area contributed by atoms with Crippen LogP contribution in [0.3, 0.4) is 0 Å². The van der Waals surface area contributed by atoms with Crippen molar-refractivity contribution in [3.05, 3.63) is 0 Å². The fourth-order valence-electron chi connectivity index (χ4n) is 0. The van der Waals surface area contributed by atoms with Crippen LogP contribution in [0.25, 0.3) is 0 Å². The number of hydrogen-bond donors (Lipinski definition) is 0. The quantitative estimate of drug-likeness (QED) is 0.263. The minimum atomic E-state index is -5.39. The van der Waals surface area contributed by atoms with Gasteiger partial charge in [-0.05, 0) is 0 Å². The first-order valence-corrected chi connectivity index (χ1v) is 6.57. The Bertz CT molecular complexity index is 214. The van der Waals surface area contributed by atoms with Crippen LogP contribution in [0.1, 0.15) is 0 Å². The summed E-state index contributed by atoms with van der Waals surface area (Å²) in [6, 6.07) is 0. The van der Waals surface area contributed by atoms with Crippen LogP contribution in [0.4, 0.5) is 0 Å². The molecule has 0 fully saturated rings. The topological polar surface area (TPSA) is 259 Å². The predicted octanol–water partition coefficient (Wildman–Crippen LogP) is -10.00. The van der Waals surface area contributed by atoms with Crippen molar-refractivity contribution in [2.75, 3.05) is 0 Å². The number of rotatable bonds is 0. The Hall–Kier alpha value is 4.17. The van der Waals surface area contributed by atoms with Crippen molar-refractivity contribution >= 4 is 145 Å². The van der Waals surface area contributed by atoms with Gasteiger partial charge in [0, 0.05) is 0 Å². The molecule has 0 aliphatic carbocycles. The molecular weight excluding hydrogens is 416 g/mol. The third-order valence-electron chi connectivity index (χ3n) is 0. The fraction of sp³-hybridized carbons (Fsp3) is 0. The van der Waals surface area contributed by atoms with Gasteiger partial charge in [0.2, 0.25) is 0 Å². The molecule has 0 rings (SSSR count). The molecule has 96 valence electrons. The van der Waals surface area contributed by atoms with E-state index in [4.69, 9.17) is 57.7 Å². The molecule has 0 heterocycles. The van der Waals surface area contributed by atoms with Crippen LogP contribution in [0.5, 0.6) is 0 Å². The molecule has 0 bridgehead atoms. The van der Waals surface area contributed by atoms with E-state index in [0.717, 1.165) is 0 Å². The zero-order valence-electron chi connectivity index (χ0n) is 8.94. The van der Waals surface area contributed by atoms with Crippen LogP contribution >= 0.6 is 23.5 Å². The summed E-state index contributed by atoms with van der Waals surface area (Å²) in [6.07, 6.45) is 0. The molecule has 0 saturated carbocycles. The van der Waals surface area contributed by atoms with Crippen LogP contribution in [-0.2, 0) is 13.7 Å². The Balaban J connectivity index is -0.0000000206. The van der Waals surface area contributed by atoms with E-state index in [-0.39, 0.29) is 122 Å². The molecule has 0 aliphatic heterocycles. The predicted molar refractivity (Wildman–Crippen MR) is 45.8 cm³/mol. The zero-order chi connectivity index (χ0) is 13.5. The van der Waals surface area contributed by atoms with Crippen molar-refractivity contribution in [3.63, 3.8) is 0 Å². The summed E-state index contributed by atoms with van der Waals surface area (Å²) in [5, 5.41) is 0. The molecule has 0 atom stereocenters. The minimum absolute atomic E-state index is 0. The van der Waals surface area contributed by atoms with Gasteiger partial charge in [-0.1, -0.05) is 0 Å². The smallest absolute Gasteiger partial charge is 0.822 e. The van der Waals surface area contributed by atoms with Gasteiger partial charge in [-0.25, -0.2) is 0 Å². The normalized spacial score (nSPS) is 9.32. The summed E-state index contributed by atoms with van der Waals surface area (Å²) < 4.78 is 25.6. The van der Waals surface area contributed by atoms with Gasteiger partial charge in [0.05, 0.1) is 0 Å². The van der Waals surface area contributed by atoms with E-state index < -0.39 is 23.5 Å². The molecule has 0 aromatic rings. The molecule has 19 heavy (non-hydrogen) atoms. The first-order valence-electron chi connectivity index (χ1n) is 2.19. The Morgan fingerprint density at radius 3 is 0.421 bits per heavy atom. The van der Waals surface area contributed by atoms with E-state index in [0.29, 0.717) is 0 Å². The van der Waals surface area contributed by atoms with Gasteiger partial charge in [0.15, 0.2) is 0 Å². The monoisotopic (exact) mass is 416 g/mol. The third kappa shape index (κ3) is 518. The molecule has 0 amide bonds. The maximum absolute atomic E-state index is 8.55. The molecule has 0 aliphatic rings. The molecular formula is BCa3O12P3. The first-order chi connectivity index (χ1) is 6.00. The summed E-state index contributed by atoms with van der Waals surface area (Å²) >= 11 is 0. The molecule has 19 heteroatoms. The molecule has 0 saturated heterocycles. The summed E-state index contributed by atoms with van der Waals surface area (Å²) in [4.78, 5) is 76.9. The standard InChI is InChI=1S/B.3Ca.3H3O4P/c;;;;3*1-5(2,3)4/h;;;;3*(H3,1,2,3,4)/q+3;3*+2;;;/p-9. The van der Waals surface area contributed by atoms with Gasteiger partial charge in [-0.2, -0.15) is 23.5 Å². The average molecular weight is 416 g/mol. The van der Waals surface area contributed by atoms with Gasteiger partial charge >= 0.3 is 122 Å². The Morgan fingerprint density at radius 2 is 0.421 bits per heavy atom. The van der Waals surface area contributed by atoms with Crippen molar-refractivity contribution in [3.8, 4) is 0 Å². The van der Waals surface area contributed by atoms with Crippen molar-refractivity contribution in [2.24, 2.45) is 0 Å². The van der Waals surface area contributed by atoms with Crippen molar-refractivity contribution < 1.29 is 57.7 Å². The van der Waals surface area contributed by atoms with Crippen LogP contribution in [0.15, 0.2) is 0 Å². The van der Waals surface area contributed by atoms with Gasteiger partial charge in [-0.15, -0.1) is 0 Å². The summed E-state index contributed by atoms with van der Waals surface area (Å²) in [7, 11) is -16.2. The van der Waals surface area contributed by atoms with E-state index >= 15 is 0 Å². The Kier molecular flexibility index (Phi) is 46.4. The summed E-state index contributed by atoms with van der Waals surface area (Å²) in [5.74, 6) is 0. The van der Waals surface area contributed by atoms with E-state index in [1.165, 1.54) is 0 Å². The molecule has 0 N–H and O–H groups in total. The second-order valence-electron chi connectivity index (χ2n) is 1.34. The maximum atomic E-state index is 8.55. The number of phosphoric acid groups is 3. The van der Waals surface area contributed by atoms with Crippen molar-refractivity contribution in [1.29, 1.82) is 0 Å². The molecule has 12 nitrogen and oxygen atoms in total. The van der Waals surface area contributed by atoms with E-state index in [2.05, 4.69) is 0 Å². The van der Waals surface area contributed by atoms with Crippen molar-refractivity contribution in [2.45, 2.75) is 0 Å². The second kappa shape index (κ2) is 20.2.